The smallest absolute Gasteiger partial charge is 0.258 e. The van der Waals surface area contributed by atoms with E-state index >= 15 is 0 Å². The second-order valence-corrected chi connectivity index (χ2v) is 8.76. The molecule has 1 atom stereocenters. The van der Waals surface area contributed by atoms with Crippen LogP contribution in [-0.4, -0.2) is 39.6 Å². The number of aryl methyl sites for hydroxylation is 1. The second-order valence-electron chi connectivity index (χ2n) is 8.76. The molecule has 1 aromatic carbocycles. The van der Waals surface area contributed by atoms with Crippen LogP contribution in [0.1, 0.15) is 35.2 Å². The first-order valence-corrected chi connectivity index (χ1v) is 11.3. The lowest BCUT2D eigenvalue weighted by Gasteiger charge is -2.32. The maximum atomic E-state index is 13.9. The number of rotatable bonds is 4. The van der Waals surface area contributed by atoms with Crippen LogP contribution in [0.5, 0.6) is 0 Å². The van der Waals surface area contributed by atoms with Crippen molar-refractivity contribution in [2.45, 2.75) is 45.4 Å². The average Bonchev–Trinajstić information content (AvgIpc) is 3.37. The number of amides is 1. The topological polar surface area (TPSA) is 64.4 Å². The molecule has 5 rings (SSSR count). The van der Waals surface area contributed by atoms with Gasteiger partial charge in [0, 0.05) is 49.8 Å². The largest absolute Gasteiger partial charge is 0.368 e. The molecule has 0 saturated carbocycles. The molecule has 170 valence electrons. The first-order valence-electron chi connectivity index (χ1n) is 11.3. The van der Waals surface area contributed by atoms with Gasteiger partial charge in [-0.2, -0.15) is 0 Å². The van der Waals surface area contributed by atoms with Crippen LogP contribution >= 0.6 is 0 Å². The van der Waals surface area contributed by atoms with E-state index in [0.717, 1.165) is 29.7 Å². The van der Waals surface area contributed by atoms with Crippen molar-refractivity contribution in [1.29, 1.82) is 0 Å². The molecule has 1 saturated heterocycles. The van der Waals surface area contributed by atoms with Gasteiger partial charge in [0.2, 0.25) is 0 Å². The standard InChI is InChI=1S/C26H26FN3O3/c1-17-12-19(6-7-22(17)27)21-13-20-16-29(26(32)24-5-3-11-33-24)10-8-23(20)30(25(21)31)15-18-4-2-9-28-14-18/h2,4,6-7,9,12-14,24H,3,5,8,10-11,15-16H2,1H3. The van der Waals surface area contributed by atoms with Crippen molar-refractivity contribution < 1.29 is 13.9 Å². The highest BCUT2D eigenvalue weighted by molar-refractivity contribution is 5.81. The zero-order valence-electron chi connectivity index (χ0n) is 18.6. The Bertz CT molecular complexity index is 1250. The number of benzene rings is 1. The van der Waals surface area contributed by atoms with Gasteiger partial charge < -0.3 is 14.2 Å². The summed E-state index contributed by atoms with van der Waals surface area (Å²) >= 11 is 0. The summed E-state index contributed by atoms with van der Waals surface area (Å²) < 4.78 is 21.3. The fourth-order valence-corrected chi connectivity index (χ4v) is 4.74. The van der Waals surface area contributed by atoms with Crippen molar-refractivity contribution in [2.24, 2.45) is 0 Å². The maximum Gasteiger partial charge on any atom is 0.258 e. The Morgan fingerprint density at radius 1 is 1.27 bits per heavy atom. The number of carbonyl (C=O) groups excluding carboxylic acids is 1. The number of hydrogen-bond acceptors (Lipinski definition) is 4. The summed E-state index contributed by atoms with van der Waals surface area (Å²) in [4.78, 5) is 32.6. The van der Waals surface area contributed by atoms with Gasteiger partial charge in [-0.05, 0) is 66.3 Å². The fourth-order valence-electron chi connectivity index (χ4n) is 4.74. The lowest BCUT2D eigenvalue weighted by atomic mass is 9.97. The molecule has 33 heavy (non-hydrogen) atoms. The summed E-state index contributed by atoms with van der Waals surface area (Å²) in [5, 5.41) is 0. The maximum absolute atomic E-state index is 13.9. The van der Waals surface area contributed by atoms with Crippen molar-refractivity contribution in [3.8, 4) is 11.1 Å². The highest BCUT2D eigenvalue weighted by Gasteiger charge is 2.31. The molecule has 0 spiro atoms. The second kappa shape index (κ2) is 8.90. The van der Waals surface area contributed by atoms with Crippen LogP contribution in [0.3, 0.4) is 0 Å². The number of nitrogens with zero attached hydrogens (tertiary/aromatic N) is 3. The van der Waals surface area contributed by atoms with E-state index in [-0.39, 0.29) is 23.4 Å². The Balaban J connectivity index is 1.58. The third-order valence-corrected chi connectivity index (χ3v) is 6.52. The summed E-state index contributed by atoms with van der Waals surface area (Å²) in [6, 6.07) is 10.4. The molecule has 7 heteroatoms. The van der Waals surface area contributed by atoms with Crippen LogP contribution in [0, 0.1) is 12.7 Å². The Morgan fingerprint density at radius 2 is 2.15 bits per heavy atom. The van der Waals surface area contributed by atoms with Crippen molar-refractivity contribution in [2.75, 3.05) is 13.2 Å². The van der Waals surface area contributed by atoms with Gasteiger partial charge in [-0.25, -0.2) is 4.39 Å². The molecule has 0 radical (unpaired) electrons. The summed E-state index contributed by atoms with van der Waals surface area (Å²) in [6.45, 7) is 3.68. The van der Waals surface area contributed by atoms with Crippen LogP contribution in [0.2, 0.25) is 0 Å². The van der Waals surface area contributed by atoms with Crippen molar-refractivity contribution in [3.05, 3.63) is 87.3 Å². The van der Waals surface area contributed by atoms with Crippen LogP contribution in [0.4, 0.5) is 4.39 Å². The number of halogens is 1. The lowest BCUT2D eigenvalue weighted by molar-refractivity contribution is -0.141. The van der Waals surface area contributed by atoms with E-state index in [4.69, 9.17) is 4.74 Å². The molecule has 2 aromatic heterocycles. The van der Waals surface area contributed by atoms with E-state index in [0.29, 0.717) is 49.4 Å². The van der Waals surface area contributed by atoms with E-state index in [2.05, 4.69) is 4.98 Å². The minimum absolute atomic E-state index is 0.0161. The van der Waals surface area contributed by atoms with Crippen molar-refractivity contribution >= 4 is 5.91 Å². The summed E-state index contributed by atoms with van der Waals surface area (Å²) in [5.74, 6) is -0.289. The number of aromatic nitrogens is 2. The average molecular weight is 448 g/mol. The molecule has 1 unspecified atom stereocenters. The van der Waals surface area contributed by atoms with E-state index in [1.54, 1.807) is 36.0 Å². The quantitative estimate of drug-likeness (QED) is 0.614. The lowest BCUT2D eigenvalue weighted by Crippen LogP contribution is -2.43. The van der Waals surface area contributed by atoms with Gasteiger partial charge in [-0.1, -0.05) is 12.1 Å². The normalized spacial score (nSPS) is 17.8. The van der Waals surface area contributed by atoms with Gasteiger partial charge in [0.25, 0.3) is 11.5 Å². The van der Waals surface area contributed by atoms with Gasteiger partial charge in [0.15, 0.2) is 0 Å². The molecule has 1 amide bonds. The Hall–Kier alpha value is -3.32. The molecule has 6 nitrogen and oxygen atoms in total. The molecule has 0 bridgehead atoms. The predicted molar refractivity (Wildman–Crippen MR) is 122 cm³/mol. The van der Waals surface area contributed by atoms with Crippen molar-refractivity contribution in [3.63, 3.8) is 0 Å². The van der Waals surface area contributed by atoms with Crippen LogP contribution in [-0.2, 0) is 29.0 Å². The van der Waals surface area contributed by atoms with E-state index < -0.39 is 0 Å². The minimum Gasteiger partial charge on any atom is -0.368 e. The highest BCUT2D eigenvalue weighted by atomic mass is 19.1. The van der Waals surface area contributed by atoms with Crippen LogP contribution < -0.4 is 5.56 Å². The van der Waals surface area contributed by atoms with Crippen LogP contribution in [0.15, 0.2) is 53.6 Å². The third kappa shape index (κ3) is 4.20. The predicted octanol–water partition coefficient (Wildman–Crippen LogP) is 3.47. The highest BCUT2D eigenvalue weighted by Crippen LogP contribution is 2.27. The molecule has 3 aromatic rings. The van der Waals surface area contributed by atoms with E-state index in [1.807, 2.05) is 23.1 Å². The third-order valence-electron chi connectivity index (χ3n) is 6.52. The summed E-state index contributed by atoms with van der Waals surface area (Å²) in [7, 11) is 0. The monoisotopic (exact) mass is 447 g/mol. The Morgan fingerprint density at radius 3 is 2.88 bits per heavy atom. The Kier molecular flexibility index (Phi) is 5.81. The van der Waals surface area contributed by atoms with Crippen LogP contribution in [0.25, 0.3) is 11.1 Å². The molecule has 0 aliphatic carbocycles. The van der Waals surface area contributed by atoms with E-state index in [1.165, 1.54) is 6.07 Å². The first kappa shape index (κ1) is 21.5. The molecule has 2 aliphatic heterocycles. The molecular formula is C26H26FN3O3. The van der Waals surface area contributed by atoms with Gasteiger partial charge in [-0.15, -0.1) is 0 Å². The van der Waals surface area contributed by atoms with Gasteiger partial charge >= 0.3 is 0 Å². The number of carbonyl (C=O) groups is 1. The first-order chi connectivity index (χ1) is 16.0. The van der Waals surface area contributed by atoms with Gasteiger partial charge in [0.1, 0.15) is 11.9 Å². The van der Waals surface area contributed by atoms with Crippen molar-refractivity contribution in [1.82, 2.24) is 14.5 Å². The number of hydrogen-bond donors (Lipinski definition) is 0. The molecule has 1 fully saturated rings. The molecule has 4 heterocycles. The van der Waals surface area contributed by atoms with Gasteiger partial charge in [-0.3, -0.25) is 14.6 Å². The van der Waals surface area contributed by atoms with Gasteiger partial charge in [0.05, 0.1) is 6.54 Å². The van der Waals surface area contributed by atoms with E-state index in [9.17, 15) is 14.0 Å². The summed E-state index contributed by atoms with van der Waals surface area (Å²) in [6.07, 6.45) is 5.33. The SMILES string of the molecule is Cc1cc(-c2cc3c(n(Cc4cccnc4)c2=O)CCN(C(=O)C2CCCO2)C3)ccc1F. The zero-order chi connectivity index (χ0) is 22.9. The molecule has 2 aliphatic rings. The fraction of sp³-hybridized carbons (Fsp3) is 0.346. The number of ether oxygens (including phenoxy) is 1. The Labute approximate surface area is 191 Å². The molecule has 0 N–H and O–H groups in total. The summed E-state index contributed by atoms with van der Waals surface area (Å²) in [5.41, 5.74) is 4.33. The number of fused-ring (bicyclic) bond motifs is 1. The minimum atomic E-state index is -0.368. The molecular weight excluding hydrogens is 421 g/mol. The number of pyridine rings is 2. The zero-order valence-corrected chi connectivity index (χ0v) is 18.6.